The minimum Gasteiger partial charge on any atom is -0.406 e. The van der Waals surface area contributed by atoms with Crippen LogP contribution in [0.4, 0.5) is 24.5 Å². The molecule has 6 nitrogen and oxygen atoms in total. The van der Waals surface area contributed by atoms with Crippen molar-refractivity contribution >= 4 is 27.3 Å². The maximum Gasteiger partial charge on any atom is 0.573 e. The number of ether oxygens (including phenoxy) is 1. The molecule has 0 aliphatic carbocycles. The van der Waals surface area contributed by atoms with Crippen LogP contribution in [0.1, 0.15) is 11.1 Å². The minimum atomic E-state index is -4.83. The Morgan fingerprint density at radius 1 is 0.939 bits per heavy atom. The van der Waals surface area contributed by atoms with Crippen molar-refractivity contribution in [2.75, 3.05) is 16.2 Å². The molecule has 0 saturated carbocycles. The highest BCUT2D eigenvalue weighted by atomic mass is 32.2. The van der Waals surface area contributed by atoms with Gasteiger partial charge in [0.1, 0.15) is 12.3 Å². The number of hydrogen-bond acceptors (Lipinski definition) is 4. The van der Waals surface area contributed by atoms with Crippen LogP contribution in [0.15, 0.2) is 77.7 Å². The zero-order chi connectivity index (χ0) is 24.2. The van der Waals surface area contributed by atoms with Gasteiger partial charge in [-0.05, 0) is 73.5 Å². The summed E-state index contributed by atoms with van der Waals surface area (Å²) in [5, 5.41) is 2.50. The molecular weight excluding hydrogens is 457 g/mol. The van der Waals surface area contributed by atoms with Gasteiger partial charge < -0.3 is 10.1 Å². The summed E-state index contributed by atoms with van der Waals surface area (Å²) >= 11 is 0. The van der Waals surface area contributed by atoms with Gasteiger partial charge in [-0.1, -0.05) is 24.3 Å². The van der Waals surface area contributed by atoms with Crippen molar-refractivity contribution in [3.05, 3.63) is 83.9 Å². The van der Waals surface area contributed by atoms with Gasteiger partial charge in [-0.3, -0.25) is 9.10 Å². The van der Waals surface area contributed by atoms with Gasteiger partial charge in [-0.2, -0.15) is 0 Å². The fourth-order valence-electron chi connectivity index (χ4n) is 2.99. The van der Waals surface area contributed by atoms with Gasteiger partial charge in [-0.25, -0.2) is 8.42 Å². The molecule has 0 bridgehead atoms. The van der Waals surface area contributed by atoms with E-state index < -0.39 is 34.6 Å². The Balaban J connectivity index is 1.85. The maximum atomic E-state index is 13.3. The van der Waals surface area contributed by atoms with Gasteiger partial charge in [0.05, 0.1) is 10.6 Å². The van der Waals surface area contributed by atoms with Crippen molar-refractivity contribution in [3.8, 4) is 5.75 Å². The average Bonchev–Trinajstić information content (AvgIpc) is 2.75. The van der Waals surface area contributed by atoms with E-state index in [0.29, 0.717) is 5.69 Å². The largest absolute Gasteiger partial charge is 0.573 e. The summed E-state index contributed by atoms with van der Waals surface area (Å²) in [5.74, 6) is -1.11. The fraction of sp³-hybridized carbons (Fsp3) is 0.174. The third kappa shape index (κ3) is 6.26. The second kappa shape index (κ2) is 9.53. The molecule has 0 aliphatic heterocycles. The Labute approximate surface area is 189 Å². The molecule has 0 fully saturated rings. The Morgan fingerprint density at radius 3 is 2.15 bits per heavy atom. The van der Waals surface area contributed by atoms with E-state index in [1.165, 1.54) is 24.3 Å². The molecule has 0 atom stereocenters. The van der Waals surface area contributed by atoms with Crippen molar-refractivity contribution in [1.29, 1.82) is 0 Å². The minimum absolute atomic E-state index is 0.0182. The number of sulfonamides is 1. The van der Waals surface area contributed by atoms with Crippen LogP contribution in [-0.2, 0) is 14.8 Å². The van der Waals surface area contributed by atoms with Gasteiger partial charge in [0, 0.05) is 5.69 Å². The van der Waals surface area contributed by atoms with E-state index in [-0.39, 0.29) is 10.6 Å². The van der Waals surface area contributed by atoms with Crippen molar-refractivity contribution in [3.63, 3.8) is 0 Å². The molecule has 3 rings (SSSR count). The predicted molar refractivity (Wildman–Crippen MR) is 119 cm³/mol. The lowest BCUT2D eigenvalue weighted by atomic mass is 10.1. The topological polar surface area (TPSA) is 75.7 Å². The summed E-state index contributed by atoms with van der Waals surface area (Å²) < 4.78 is 68.3. The molecule has 0 heterocycles. The molecule has 0 saturated heterocycles. The van der Waals surface area contributed by atoms with Gasteiger partial charge in [0.15, 0.2) is 0 Å². The monoisotopic (exact) mass is 478 g/mol. The summed E-state index contributed by atoms with van der Waals surface area (Å²) in [6.07, 6.45) is -4.83. The number of rotatable bonds is 7. The highest BCUT2D eigenvalue weighted by molar-refractivity contribution is 7.92. The zero-order valence-electron chi connectivity index (χ0n) is 17.8. The Hall–Kier alpha value is -3.53. The molecule has 0 unspecified atom stereocenters. The second-order valence-corrected chi connectivity index (χ2v) is 9.08. The van der Waals surface area contributed by atoms with Gasteiger partial charge in [0.25, 0.3) is 10.0 Å². The third-order valence-electron chi connectivity index (χ3n) is 4.77. The van der Waals surface area contributed by atoms with Crippen LogP contribution in [0, 0.1) is 13.8 Å². The summed E-state index contributed by atoms with van der Waals surface area (Å²) in [5.41, 5.74) is 2.31. The van der Waals surface area contributed by atoms with Crippen molar-refractivity contribution in [1.82, 2.24) is 0 Å². The molecule has 33 heavy (non-hydrogen) atoms. The molecule has 3 aromatic carbocycles. The first-order valence-electron chi connectivity index (χ1n) is 9.76. The number of halogens is 3. The van der Waals surface area contributed by atoms with Crippen LogP contribution in [0.3, 0.4) is 0 Å². The Bertz CT molecular complexity index is 1230. The highest BCUT2D eigenvalue weighted by Gasteiger charge is 2.31. The Morgan fingerprint density at radius 2 is 1.58 bits per heavy atom. The average molecular weight is 478 g/mol. The predicted octanol–water partition coefficient (Wildman–Crippen LogP) is 5.04. The molecule has 0 aromatic heterocycles. The summed E-state index contributed by atoms with van der Waals surface area (Å²) in [7, 11) is -4.07. The van der Waals surface area contributed by atoms with Crippen molar-refractivity contribution < 1.29 is 31.1 Å². The van der Waals surface area contributed by atoms with E-state index in [0.717, 1.165) is 27.6 Å². The number of benzene rings is 3. The zero-order valence-corrected chi connectivity index (χ0v) is 18.6. The highest BCUT2D eigenvalue weighted by Crippen LogP contribution is 2.27. The molecule has 1 N–H and O–H groups in total. The smallest absolute Gasteiger partial charge is 0.406 e. The number of aryl methyl sites for hydroxylation is 2. The third-order valence-corrected chi connectivity index (χ3v) is 6.56. The normalized spacial score (nSPS) is 11.7. The maximum absolute atomic E-state index is 13.3. The van der Waals surface area contributed by atoms with Crippen molar-refractivity contribution in [2.24, 2.45) is 0 Å². The number of carbonyl (C=O) groups is 1. The fourth-order valence-corrected chi connectivity index (χ4v) is 4.42. The van der Waals surface area contributed by atoms with E-state index in [1.807, 2.05) is 13.8 Å². The first-order chi connectivity index (χ1) is 15.5. The lowest BCUT2D eigenvalue weighted by Crippen LogP contribution is -2.38. The summed E-state index contributed by atoms with van der Waals surface area (Å²) in [4.78, 5) is 12.7. The van der Waals surface area contributed by atoms with E-state index in [1.54, 1.807) is 36.4 Å². The van der Waals surface area contributed by atoms with E-state index in [4.69, 9.17) is 0 Å². The summed E-state index contributed by atoms with van der Waals surface area (Å²) in [6.45, 7) is 3.17. The van der Waals surface area contributed by atoms with Gasteiger partial charge in [-0.15, -0.1) is 13.2 Å². The first-order valence-corrected chi connectivity index (χ1v) is 11.2. The molecule has 0 aliphatic rings. The molecule has 3 aromatic rings. The Kier molecular flexibility index (Phi) is 6.97. The second-order valence-electron chi connectivity index (χ2n) is 7.21. The molecule has 0 radical (unpaired) electrons. The number of nitrogens with one attached hydrogen (secondary N) is 1. The van der Waals surface area contributed by atoms with Crippen LogP contribution in [0.5, 0.6) is 5.75 Å². The molecule has 1 amide bonds. The van der Waals surface area contributed by atoms with Crippen LogP contribution in [-0.4, -0.2) is 27.2 Å². The number of amides is 1. The lowest BCUT2D eigenvalue weighted by molar-refractivity contribution is -0.274. The van der Waals surface area contributed by atoms with E-state index in [9.17, 15) is 26.4 Å². The lowest BCUT2D eigenvalue weighted by Gasteiger charge is -2.25. The van der Waals surface area contributed by atoms with Gasteiger partial charge in [0.2, 0.25) is 5.91 Å². The molecule has 174 valence electrons. The summed E-state index contributed by atoms with van der Waals surface area (Å²) in [6, 6.07) is 17.3. The first kappa shape index (κ1) is 24.1. The van der Waals surface area contributed by atoms with Crippen LogP contribution in [0.25, 0.3) is 0 Å². The van der Waals surface area contributed by atoms with Crippen LogP contribution < -0.4 is 14.4 Å². The number of anilines is 2. The number of carbonyl (C=O) groups excluding carboxylic acids is 1. The standard InChI is InChI=1S/C23H21F3N2O4S/c1-16-8-11-19(14-17(16)2)28(33(30,31)21-6-4-3-5-7-21)15-22(29)27-18-9-12-20(13-10-18)32-23(24,25)26/h3-14H,15H2,1-2H3,(H,27,29). The van der Waals surface area contributed by atoms with E-state index in [2.05, 4.69) is 10.1 Å². The number of alkyl halides is 3. The SMILES string of the molecule is Cc1ccc(N(CC(=O)Nc2ccc(OC(F)(F)F)cc2)S(=O)(=O)c2ccccc2)cc1C. The quantitative estimate of drug-likeness (QED) is 0.517. The van der Waals surface area contributed by atoms with E-state index >= 15 is 0 Å². The van der Waals surface area contributed by atoms with Crippen LogP contribution in [0.2, 0.25) is 0 Å². The number of nitrogens with zero attached hydrogens (tertiary/aromatic N) is 1. The van der Waals surface area contributed by atoms with Crippen molar-refractivity contribution in [2.45, 2.75) is 25.1 Å². The van der Waals surface area contributed by atoms with Crippen LogP contribution >= 0.6 is 0 Å². The number of hydrogen-bond donors (Lipinski definition) is 1. The van der Waals surface area contributed by atoms with Gasteiger partial charge >= 0.3 is 6.36 Å². The molecule has 0 spiro atoms. The molecule has 10 heteroatoms. The molecular formula is C23H21F3N2O4S.